The van der Waals surface area contributed by atoms with Crippen LogP contribution in [0.5, 0.6) is 0 Å². The average molecular weight is 409 g/mol. The molecule has 0 bridgehead atoms. The van der Waals surface area contributed by atoms with Crippen LogP contribution in [0.2, 0.25) is 5.02 Å². The number of benzene rings is 2. The van der Waals surface area contributed by atoms with E-state index in [9.17, 15) is 8.42 Å². The maximum Gasteiger partial charge on any atom is 0.263 e. The molecular formula is C17H17ClN4O2S2. The molecule has 0 unspecified atom stereocenters. The summed E-state index contributed by atoms with van der Waals surface area (Å²) in [6.07, 6.45) is 0.591. The van der Waals surface area contributed by atoms with Gasteiger partial charge in [0.05, 0.1) is 4.90 Å². The first kappa shape index (κ1) is 18.6. The molecule has 9 heteroatoms. The van der Waals surface area contributed by atoms with E-state index in [4.69, 9.17) is 11.6 Å². The van der Waals surface area contributed by atoms with E-state index < -0.39 is 10.0 Å². The number of halogens is 1. The summed E-state index contributed by atoms with van der Waals surface area (Å²) in [6, 6.07) is 14.0. The zero-order valence-corrected chi connectivity index (χ0v) is 16.6. The van der Waals surface area contributed by atoms with Gasteiger partial charge >= 0.3 is 0 Å². The highest BCUT2D eigenvalue weighted by Crippen LogP contribution is 2.23. The van der Waals surface area contributed by atoms with Gasteiger partial charge in [-0.25, -0.2) is 8.42 Å². The normalized spacial score (nSPS) is 11.3. The van der Waals surface area contributed by atoms with Gasteiger partial charge in [0.25, 0.3) is 10.0 Å². The van der Waals surface area contributed by atoms with Crippen molar-refractivity contribution in [3.8, 4) is 0 Å². The Labute approximate surface area is 161 Å². The van der Waals surface area contributed by atoms with Crippen LogP contribution < -0.4 is 9.62 Å². The summed E-state index contributed by atoms with van der Waals surface area (Å²) in [5.74, 6) is 0. The summed E-state index contributed by atoms with van der Waals surface area (Å²) in [5, 5.41) is 9.44. The Kier molecular flexibility index (Phi) is 5.45. The first-order valence-corrected chi connectivity index (χ1v) is 10.4. The minimum atomic E-state index is -3.71. The van der Waals surface area contributed by atoms with Crippen LogP contribution >= 0.6 is 22.9 Å². The van der Waals surface area contributed by atoms with E-state index in [2.05, 4.69) is 14.9 Å². The molecule has 1 aromatic heterocycles. The van der Waals surface area contributed by atoms with Crippen molar-refractivity contribution >= 4 is 43.8 Å². The van der Waals surface area contributed by atoms with Crippen molar-refractivity contribution in [2.24, 2.45) is 0 Å². The molecule has 0 saturated heterocycles. The number of aromatic nitrogens is 2. The summed E-state index contributed by atoms with van der Waals surface area (Å²) in [4.78, 5) is 2.15. The van der Waals surface area contributed by atoms with Crippen LogP contribution in [-0.4, -0.2) is 32.7 Å². The predicted octanol–water partition coefficient (Wildman–Crippen LogP) is 3.65. The maximum absolute atomic E-state index is 12.4. The molecule has 3 aromatic rings. The molecule has 0 aliphatic carbocycles. The SMILES string of the molecule is CN(C)c1ccc(Cc2nnc(NS(=O)(=O)c3ccc(Cl)cc3)s2)cc1. The second-order valence-electron chi connectivity index (χ2n) is 5.80. The van der Waals surface area contributed by atoms with Crippen molar-refractivity contribution in [2.75, 3.05) is 23.7 Å². The molecule has 2 aromatic carbocycles. The third-order valence-corrected chi connectivity index (χ3v) is 6.20. The lowest BCUT2D eigenvalue weighted by atomic mass is 10.1. The molecule has 0 fully saturated rings. The molecule has 0 aliphatic heterocycles. The Hall–Kier alpha value is -2.16. The Balaban J connectivity index is 1.70. The molecule has 0 radical (unpaired) electrons. The highest BCUT2D eigenvalue weighted by Gasteiger charge is 2.17. The third kappa shape index (κ3) is 4.51. The second-order valence-corrected chi connectivity index (χ2v) is 8.98. The molecular weight excluding hydrogens is 392 g/mol. The summed E-state index contributed by atoms with van der Waals surface area (Å²) in [7, 11) is 0.259. The number of sulfonamides is 1. The van der Waals surface area contributed by atoms with Crippen molar-refractivity contribution in [2.45, 2.75) is 11.3 Å². The Bertz CT molecular complexity index is 984. The molecule has 1 N–H and O–H groups in total. The fourth-order valence-corrected chi connectivity index (χ4v) is 4.37. The number of hydrogen-bond donors (Lipinski definition) is 1. The smallest absolute Gasteiger partial charge is 0.263 e. The largest absolute Gasteiger partial charge is 0.378 e. The number of hydrogen-bond acceptors (Lipinski definition) is 6. The van der Waals surface area contributed by atoms with E-state index in [0.717, 1.165) is 16.3 Å². The van der Waals surface area contributed by atoms with E-state index in [-0.39, 0.29) is 10.0 Å². The summed E-state index contributed by atoms with van der Waals surface area (Å²) < 4.78 is 27.2. The molecule has 136 valence electrons. The van der Waals surface area contributed by atoms with Gasteiger partial charge in [-0.1, -0.05) is 35.1 Å². The number of nitrogens with one attached hydrogen (secondary N) is 1. The van der Waals surface area contributed by atoms with Crippen molar-refractivity contribution in [3.63, 3.8) is 0 Å². The maximum atomic E-state index is 12.4. The first-order valence-electron chi connectivity index (χ1n) is 7.70. The fourth-order valence-electron chi connectivity index (χ4n) is 2.24. The molecule has 6 nitrogen and oxygen atoms in total. The zero-order valence-electron chi connectivity index (χ0n) is 14.2. The van der Waals surface area contributed by atoms with E-state index >= 15 is 0 Å². The monoisotopic (exact) mass is 408 g/mol. The molecule has 0 amide bonds. The zero-order chi connectivity index (χ0) is 18.7. The molecule has 1 heterocycles. The summed E-state index contributed by atoms with van der Waals surface area (Å²) in [6.45, 7) is 0. The van der Waals surface area contributed by atoms with Gasteiger partial charge in [-0.2, -0.15) is 0 Å². The fraction of sp³-hybridized carbons (Fsp3) is 0.176. The minimum Gasteiger partial charge on any atom is -0.378 e. The van der Waals surface area contributed by atoms with E-state index in [0.29, 0.717) is 11.4 Å². The first-order chi connectivity index (χ1) is 12.3. The Morgan fingerprint density at radius 2 is 1.69 bits per heavy atom. The van der Waals surface area contributed by atoms with Crippen molar-refractivity contribution in [1.29, 1.82) is 0 Å². The van der Waals surface area contributed by atoms with E-state index in [1.54, 1.807) is 0 Å². The standard InChI is InChI=1S/C17H17ClN4O2S2/c1-22(2)14-7-3-12(4-8-14)11-16-19-20-17(25-16)21-26(23,24)15-9-5-13(18)6-10-15/h3-10H,11H2,1-2H3,(H,20,21). The van der Waals surface area contributed by atoms with Gasteiger partial charge in [0.1, 0.15) is 5.01 Å². The highest BCUT2D eigenvalue weighted by molar-refractivity contribution is 7.93. The Morgan fingerprint density at radius 1 is 1.04 bits per heavy atom. The van der Waals surface area contributed by atoms with Crippen molar-refractivity contribution in [1.82, 2.24) is 10.2 Å². The minimum absolute atomic E-state index is 0.123. The van der Waals surface area contributed by atoms with Crippen LogP contribution in [0.3, 0.4) is 0 Å². The molecule has 0 aliphatic rings. The quantitative estimate of drug-likeness (QED) is 0.673. The van der Waals surface area contributed by atoms with Crippen molar-refractivity contribution in [3.05, 3.63) is 64.1 Å². The van der Waals surface area contributed by atoms with Crippen LogP contribution in [0.25, 0.3) is 0 Å². The highest BCUT2D eigenvalue weighted by atomic mass is 35.5. The molecule has 0 atom stereocenters. The van der Waals surface area contributed by atoms with Gasteiger partial charge < -0.3 is 4.90 Å². The van der Waals surface area contributed by atoms with Gasteiger partial charge in [-0.3, -0.25) is 4.72 Å². The number of nitrogens with zero attached hydrogens (tertiary/aromatic N) is 3. The summed E-state index contributed by atoms with van der Waals surface area (Å²) >= 11 is 7.01. The van der Waals surface area contributed by atoms with E-state index in [1.165, 1.54) is 35.6 Å². The van der Waals surface area contributed by atoms with Gasteiger partial charge in [0, 0.05) is 31.2 Å². The third-order valence-electron chi connectivity index (χ3n) is 3.62. The Morgan fingerprint density at radius 3 is 2.31 bits per heavy atom. The average Bonchev–Trinajstić information content (AvgIpc) is 3.02. The number of anilines is 2. The van der Waals surface area contributed by atoms with Crippen LogP contribution in [0.4, 0.5) is 10.8 Å². The lowest BCUT2D eigenvalue weighted by molar-refractivity contribution is 0.601. The van der Waals surface area contributed by atoms with Crippen LogP contribution in [0.15, 0.2) is 53.4 Å². The van der Waals surface area contributed by atoms with Crippen LogP contribution in [0, 0.1) is 0 Å². The van der Waals surface area contributed by atoms with E-state index in [1.807, 2.05) is 43.3 Å². The molecule has 0 spiro atoms. The van der Waals surface area contributed by atoms with Crippen LogP contribution in [0.1, 0.15) is 10.6 Å². The second kappa shape index (κ2) is 7.61. The lowest BCUT2D eigenvalue weighted by Crippen LogP contribution is -2.12. The lowest BCUT2D eigenvalue weighted by Gasteiger charge is -2.12. The molecule has 0 saturated carbocycles. The van der Waals surface area contributed by atoms with Crippen molar-refractivity contribution < 1.29 is 8.42 Å². The molecule has 26 heavy (non-hydrogen) atoms. The van der Waals surface area contributed by atoms with Gasteiger partial charge in [0.2, 0.25) is 5.13 Å². The predicted molar refractivity (Wildman–Crippen MR) is 106 cm³/mol. The number of rotatable bonds is 6. The summed E-state index contributed by atoms with van der Waals surface area (Å²) in [5.41, 5.74) is 2.20. The molecule has 3 rings (SSSR count). The van der Waals surface area contributed by atoms with Gasteiger partial charge in [-0.15, -0.1) is 10.2 Å². The van der Waals surface area contributed by atoms with Crippen LogP contribution in [-0.2, 0) is 16.4 Å². The van der Waals surface area contributed by atoms with Gasteiger partial charge in [-0.05, 0) is 42.0 Å². The van der Waals surface area contributed by atoms with Gasteiger partial charge in [0.15, 0.2) is 0 Å². The topological polar surface area (TPSA) is 75.2 Å².